The van der Waals surface area contributed by atoms with E-state index in [4.69, 9.17) is 17.3 Å². The minimum absolute atomic E-state index is 0.0315. The predicted octanol–water partition coefficient (Wildman–Crippen LogP) is 5.27. The summed E-state index contributed by atoms with van der Waals surface area (Å²) in [6.07, 6.45) is 1.28. The number of nitriles is 1. The molecule has 0 bridgehead atoms. The standard InChI is InChI=1S/C26H19ClFN7O4S2/c27-16-9-8-13(10-19(16)35(38)39)31-21(37)12-40-26-33-32-25(41-26)34-18-6-3-7-20(36)23(18)22(15(11-29)24(34)30)14-4-1-2-5-17(14)28/h1-2,4-5,8-10,22H,3,6-7,12,30H2,(H,31,37). The summed E-state index contributed by atoms with van der Waals surface area (Å²) in [4.78, 5) is 37.6. The van der Waals surface area contributed by atoms with E-state index in [0.29, 0.717) is 33.6 Å². The second kappa shape index (κ2) is 11.7. The average molecular weight is 612 g/mol. The zero-order valence-electron chi connectivity index (χ0n) is 21.0. The largest absolute Gasteiger partial charge is 0.384 e. The van der Waals surface area contributed by atoms with E-state index in [1.807, 2.05) is 0 Å². The first-order valence-corrected chi connectivity index (χ1v) is 14.3. The zero-order valence-corrected chi connectivity index (χ0v) is 23.4. The molecule has 1 aliphatic heterocycles. The van der Waals surface area contributed by atoms with Crippen molar-refractivity contribution in [2.75, 3.05) is 16.0 Å². The van der Waals surface area contributed by atoms with Crippen LogP contribution in [-0.4, -0.2) is 32.6 Å². The highest BCUT2D eigenvalue weighted by Gasteiger charge is 2.42. The number of nitrogens with one attached hydrogen (secondary N) is 1. The van der Waals surface area contributed by atoms with E-state index in [1.54, 1.807) is 12.1 Å². The normalized spacial score (nSPS) is 16.9. The van der Waals surface area contributed by atoms with Crippen LogP contribution in [0.25, 0.3) is 0 Å². The lowest BCUT2D eigenvalue weighted by Crippen LogP contribution is -2.38. The van der Waals surface area contributed by atoms with Gasteiger partial charge in [-0.3, -0.25) is 24.6 Å². The molecule has 2 heterocycles. The highest BCUT2D eigenvalue weighted by Crippen LogP contribution is 2.47. The maximum absolute atomic E-state index is 14.9. The van der Waals surface area contributed by atoms with Gasteiger partial charge >= 0.3 is 0 Å². The number of nitrogens with zero attached hydrogens (tertiary/aromatic N) is 5. The third-order valence-corrected chi connectivity index (χ3v) is 8.83. The van der Waals surface area contributed by atoms with Gasteiger partial charge in [-0.1, -0.05) is 52.9 Å². The SMILES string of the molecule is N#CC1=C(N)N(c2nnc(SCC(=O)Nc3ccc(Cl)c([N+](=O)[O-])c3)s2)C2=C(C(=O)CCC2)C1c1ccccc1F. The van der Waals surface area contributed by atoms with Gasteiger partial charge in [0.1, 0.15) is 16.7 Å². The van der Waals surface area contributed by atoms with Crippen LogP contribution in [0.15, 0.2) is 69.5 Å². The molecule has 0 radical (unpaired) electrons. The second-order valence-electron chi connectivity index (χ2n) is 8.95. The Hall–Kier alpha value is -4.32. The van der Waals surface area contributed by atoms with Gasteiger partial charge in [-0.05, 0) is 31.0 Å². The van der Waals surface area contributed by atoms with Gasteiger partial charge in [0.15, 0.2) is 10.1 Å². The molecule has 1 aromatic heterocycles. The molecule has 3 N–H and O–H groups in total. The van der Waals surface area contributed by atoms with Crippen LogP contribution < -0.4 is 16.0 Å². The molecule has 3 aromatic rings. The number of amides is 1. The molecule has 5 rings (SSSR count). The Morgan fingerprint density at radius 3 is 2.83 bits per heavy atom. The first-order chi connectivity index (χ1) is 19.7. The van der Waals surface area contributed by atoms with Crippen molar-refractivity contribution >= 4 is 62.9 Å². The number of aromatic nitrogens is 2. The number of benzene rings is 2. The number of Topliss-reactive ketones (excluding diaryl/α,β-unsaturated/α-hetero) is 1. The molecule has 1 amide bonds. The van der Waals surface area contributed by atoms with Crippen LogP contribution in [0, 0.1) is 27.3 Å². The van der Waals surface area contributed by atoms with Gasteiger partial charge < -0.3 is 11.1 Å². The lowest BCUT2D eigenvalue weighted by atomic mass is 9.75. The van der Waals surface area contributed by atoms with E-state index in [-0.39, 0.29) is 51.3 Å². The fraction of sp³-hybridized carbons (Fsp3) is 0.192. The fourth-order valence-corrected chi connectivity index (χ4v) is 6.60. The van der Waals surface area contributed by atoms with Crippen LogP contribution in [0.4, 0.5) is 20.9 Å². The number of anilines is 2. The molecule has 0 spiro atoms. The van der Waals surface area contributed by atoms with Crippen molar-refractivity contribution in [1.29, 1.82) is 5.26 Å². The molecule has 1 aliphatic carbocycles. The quantitative estimate of drug-likeness (QED) is 0.204. The summed E-state index contributed by atoms with van der Waals surface area (Å²) in [6.45, 7) is 0. The number of ketones is 1. The average Bonchev–Trinajstić information content (AvgIpc) is 3.41. The Morgan fingerprint density at radius 1 is 1.32 bits per heavy atom. The Morgan fingerprint density at radius 2 is 2.10 bits per heavy atom. The Bertz CT molecular complexity index is 1700. The molecule has 1 atom stereocenters. The van der Waals surface area contributed by atoms with E-state index in [9.17, 15) is 29.4 Å². The topological polar surface area (TPSA) is 168 Å². The molecule has 208 valence electrons. The number of thioether (sulfide) groups is 1. The number of allylic oxidation sites excluding steroid dienone is 3. The van der Waals surface area contributed by atoms with Gasteiger partial charge in [-0.15, -0.1) is 10.2 Å². The van der Waals surface area contributed by atoms with E-state index in [2.05, 4.69) is 21.6 Å². The number of hydrogen-bond acceptors (Lipinski definition) is 11. The van der Waals surface area contributed by atoms with Crippen LogP contribution in [-0.2, 0) is 9.59 Å². The molecule has 15 heteroatoms. The van der Waals surface area contributed by atoms with Gasteiger partial charge in [0.2, 0.25) is 11.0 Å². The first kappa shape index (κ1) is 28.2. The highest BCUT2D eigenvalue weighted by atomic mass is 35.5. The molecule has 0 saturated heterocycles. The minimum Gasteiger partial charge on any atom is -0.384 e. The van der Waals surface area contributed by atoms with Crippen LogP contribution in [0.1, 0.15) is 30.7 Å². The molecular weight excluding hydrogens is 593 g/mol. The molecule has 2 aliphatic rings. The summed E-state index contributed by atoms with van der Waals surface area (Å²) in [5, 5.41) is 32.3. The number of nitrogens with two attached hydrogens (primary N) is 1. The molecule has 2 aromatic carbocycles. The number of carbonyl (C=O) groups excluding carboxylic acids is 2. The van der Waals surface area contributed by atoms with Gasteiger partial charge in [0, 0.05) is 35.0 Å². The summed E-state index contributed by atoms with van der Waals surface area (Å²) in [5.41, 5.74) is 7.45. The molecule has 1 unspecified atom stereocenters. The van der Waals surface area contributed by atoms with Crippen molar-refractivity contribution in [1.82, 2.24) is 10.2 Å². The monoisotopic (exact) mass is 611 g/mol. The third-order valence-electron chi connectivity index (χ3n) is 6.47. The smallest absolute Gasteiger partial charge is 0.289 e. The Labute approximate surface area is 245 Å². The third kappa shape index (κ3) is 5.51. The van der Waals surface area contributed by atoms with Crippen molar-refractivity contribution in [2.45, 2.75) is 29.5 Å². The first-order valence-electron chi connectivity index (χ1n) is 12.1. The van der Waals surface area contributed by atoms with Crippen molar-refractivity contribution in [3.63, 3.8) is 0 Å². The van der Waals surface area contributed by atoms with E-state index in [1.165, 1.54) is 29.2 Å². The van der Waals surface area contributed by atoms with Gasteiger partial charge in [0.25, 0.3) is 5.69 Å². The summed E-state index contributed by atoms with van der Waals surface area (Å²) in [7, 11) is 0. The lowest BCUT2D eigenvalue weighted by molar-refractivity contribution is -0.384. The number of halogens is 2. The van der Waals surface area contributed by atoms with E-state index >= 15 is 0 Å². The number of rotatable bonds is 7. The van der Waals surface area contributed by atoms with Crippen molar-refractivity contribution in [2.24, 2.45) is 5.73 Å². The van der Waals surface area contributed by atoms with Crippen LogP contribution in [0.2, 0.25) is 5.02 Å². The Balaban J connectivity index is 1.39. The summed E-state index contributed by atoms with van der Waals surface area (Å²) in [5.74, 6) is -2.16. The number of nitro groups is 1. The van der Waals surface area contributed by atoms with Crippen LogP contribution in [0.5, 0.6) is 0 Å². The Kier molecular flexibility index (Phi) is 8.02. The van der Waals surface area contributed by atoms with Gasteiger partial charge in [-0.2, -0.15) is 5.26 Å². The van der Waals surface area contributed by atoms with Crippen LogP contribution >= 0.6 is 34.7 Å². The fourth-order valence-electron chi connectivity index (χ4n) is 4.73. The molecule has 11 nitrogen and oxygen atoms in total. The van der Waals surface area contributed by atoms with Crippen LogP contribution in [0.3, 0.4) is 0 Å². The lowest BCUT2D eigenvalue weighted by Gasteiger charge is -2.38. The van der Waals surface area contributed by atoms with Gasteiger partial charge in [-0.25, -0.2) is 4.39 Å². The van der Waals surface area contributed by atoms with Crippen molar-refractivity contribution in [3.8, 4) is 6.07 Å². The number of carbonyl (C=O) groups is 2. The maximum atomic E-state index is 14.9. The van der Waals surface area contributed by atoms with E-state index in [0.717, 1.165) is 29.2 Å². The number of hydrogen-bond donors (Lipinski definition) is 2. The molecule has 41 heavy (non-hydrogen) atoms. The number of nitro benzene ring substituents is 1. The summed E-state index contributed by atoms with van der Waals surface area (Å²) in [6, 6.07) is 12.0. The molecule has 0 saturated carbocycles. The van der Waals surface area contributed by atoms with Crippen molar-refractivity contribution in [3.05, 3.63) is 91.6 Å². The van der Waals surface area contributed by atoms with Crippen molar-refractivity contribution < 1.29 is 18.9 Å². The minimum atomic E-state index is -0.936. The predicted molar refractivity (Wildman–Crippen MR) is 152 cm³/mol. The molecule has 0 fully saturated rings. The zero-order chi connectivity index (χ0) is 29.3. The molecular formula is C26H19ClFN7O4S2. The van der Waals surface area contributed by atoms with Gasteiger partial charge in [0.05, 0.1) is 28.2 Å². The summed E-state index contributed by atoms with van der Waals surface area (Å²) >= 11 is 8.00. The maximum Gasteiger partial charge on any atom is 0.289 e. The van der Waals surface area contributed by atoms with E-state index < -0.39 is 22.6 Å². The summed E-state index contributed by atoms with van der Waals surface area (Å²) < 4.78 is 15.3. The highest BCUT2D eigenvalue weighted by molar-refractivity contribution is 8.01. The second-order valence-corrected chi connectivity index (χ2v) is 11.5.